The normalized spacial score (nSPS) is 21.2. The molecule has 0 fully saturated rings. The van der Waals surface area contributed by atoms with Gasteiger partial charge < -0.3 is 9.84 Å². The van der Waals surface area contributed by atoms with Gasteiger partial charge in [0, 0.05) is 41.7 Å². The Kier molecular flexibility index (Phi) is 8.72. The van der Waals surface area contributed by atoms with Gasteiger partial charge in [-0.2, -0.15) is 0 Å². The summed E-state index contributed by atoms with van der Waals surface area (Å²) in [6, 6.07) is 0. The van der Waals surface area contributed by atoms with Crippen LogP contribution in [0.3, 0.4) is 0 Å². The molecule has 2 aliphatic rings. The fourth-order valence-corrected chi connectivity index (χ4v) is 4.20. The molecule has 0 amide bonds. The van der Waals surface area contributed by atoms with Gasteiger partial charge in [-0.1, -0.05) is 51.5 Å². The summed E-state index contributed by atoms with van der Waals surface area (Å²) in [6.45, 7) is 12.1. The van der Waals surface area contributed by atoms with E-state index in [0.29, 0.717) is 18.1 Å². The van der Waals surface area contributed by atoms with Gasteiger partial charge in [-0.05, 0) is 43.7 Å². The lowest BCUT2D eigenvalue weighted by molar-refractivity contribution is -0.125. The summed E-state index contributed by atoms with van der Waals surface area (Å²) >= 11 is 1.35. The van der Waals surface area contributed by atoms with E-state index in [1.807, 2.05) is 39.2 Å². The molecule has 2 rings (SSSR count). The van der Waals surface area contributed by atoms with Crippen LogP contribution in [0, 0.1) is 46.9 Å². The minimum Gasteiger partial charge on any atom is -0.512 e. The maximum absolute atomic E-state index is 12.9. The number of rotatable bonds is 6. The molecule has 3 atom stereocenters. The standard InChI is InChI=1S/C27H34O3S/c1-8-9-12-27(5,6)17-24(29)26(31-7)30-22-15-21-14-20(11-10-18(2)3)13-19(4)25(21)23(28)16-22/h13-16,18-19,25-26,28H,8,17H2,1-7H3/t19-,25?,26?/m0/s1. The molecule has 31 heavy (non-hydrogen) atoms. The number of ketones is 1. The molecule has 0 spiro atoms. The Morgan fingerprint density at radius 2 is 2.00 bits per heavy atom. The molecule has 1 N–H and O–H groups in total. The lowest BCUT2D eigenvalue weighted by Gasteiger charge is -2.30. The average molecular weight is 439 g/mol. The van der Waals surface area contributed by atoms with Crippen molar-refractivity contribution in [2.75, 3.05) is 6.26 Å². The smallest absolute Gasteiger partial charge is 0.202 e. The molecule has 2 aliphatic carbocycles. The van der Waals surface area contributed by atoms with Crippen molar-refractivity contribution in [3.05, 3.63) is 47.0 Å². The van der Waals surface area contributed by atoms with Crippen LogP contribution in [0.4, 0.5) is 0 Å². The van der Waals surface area contributed by atoms with Gasteiger partial charge in [-0.25, -0.2) is 0 Å². The molecule has 0 aromatic carbocycles. The number of carbonyl (C=O) groups is 1. The van der Waals surface area contributed by atoms with Gasteiger partial charge in [-0.15, -0.1) is 17.7 Å². The third-order valence-electron chi connectivity index (χ3n) is 5.01. The van der Waals surface area contributed by atoms with Gasteiger partial charge in [0.05, 0.1) is 0 Å². The van der Waals surface area contributed by atoms with Gasteiger partial charge in [0.1, 0.15) is 11.5 Å². The number of fused-ring (bicyclic) bond motifs is 1. The summed E-state index contributed by atoms with van der Waals surface area (Å²) in [5, 5.41) is 10.7. The molecule has 0 heterocycles. The SMILES string of the molecule is CCC#CC(C)(C)CC(=O)C(OC1=CC2=CC(C#CC(C)C)=C[C@H](C)C2C(O)=C1)SC. The van der Waals surface area contributed by atoms with E-state index in [-0.39, 0.29) is 23.4 Å². The highest BCUT2D eigenvalue weighted by atomic mass is 32.2. The molecule has 166 valence electrons. The summed E-state index contributed by atoms with van der Waals surface area (Å²) in [5.41, 5.74) is 0.864. The number of aliphatic hydroxyl groups excluding tert-OH is 1. The van der Waals surface area contributed by atoms with E-state index in [1.165, 1.54) is 11.8 Å². The largest absolute Gasteiger partial charge is 0.512 e. The molecule has 0 saturated heterocycles. The molecule has 0 aliphatic heterocycles. The van der Waals surface area contributed by atoms with Gasteiger partial charge in [0.15, 0.2) is 5.78 Å². The predicted molar refractivity (Wildman–Crippen MR) is 130 cm³/mol. The van der Waals surface area contributed by atoms with E-state index in [4.69, 9.17) is 4.74 Å². The Hall–Kier alpha value is -2.30. The Bertz CT molecular complexity index is 938. The van der Waals surface area contributed by atoms with Crippen molar-refractivity contribution in [2.24, 2.45) is 23.2 Å². The maximum atomic E-state index is 12.9. The number of aliphatic hydroxyl groups is 1. The fraction of sp³-hybridized carbons (Fsp3) is 0.519. The Morgan fingerprint density at radius 1 is 1.29 bits per heavy atom. The van der Waals surface area contributed by atoms with E-state index in [9.17, 15) is 9.90 Å². The molecule has 3 nitrogen and oxygen atoms in total. The van der Waals surface area contributed by atoms with Crippen molar-refractivity contribution in [1.82, 2.24) is 0 Å². The minimum atomic E-state index is -0.646. The van der Waals surface area contributed by atoms with Crippen LogP contribution in [0.1, 0.15) is 54.4 Å². The van der Waals surface area contributed by atoms with Gasteiger partial charge in [0.2, 0.25) is 5.44 Å². The molecule has 0 aromatic heterocycles. The number of allylic oxidation sites excluding steroid dienone is 6. The lowest BCUT2D eigenvalue weighted by atomic mass is 9.77. The highest BCUT2D eigenvalue weighted by Gasteiger charge is 2.32. The second-order valence-corrected chi connectivity index (χ2v) is 9.91. The van der Waals surface area contributed by atoms with E-state index in [0.717, 1.165) is 17.6 Å². The summed E-state index contributed by atoms with van der Waals surface area (Å²) in [6.07, 6.45) is 10.6. The molecule has 0 aromatic rings. The summed E-state index contributed by atoms with van der Waals surface area (Å²) in [4.78, 5) is 12.9. The van der Waals surface area contributed by atoms with Gasteiger partial charge in [0.25, 0.3) is 0 Å². The number of carbonyl (C=O) groups excluding carboxylic acids is 1. The third kappa shape index (κ3) is 7.12. The van der Waals surface area contributed by atoms with E-state index < -0.39 is 10.9 Å². The van der Waals surface area contributed by atoms with E-state index in [1.54, 1.807) is 6.08 Å². The lowest BCUT2D eigenvalue weighted by Crippen LogP contribution is -2.27. The van der Waals surface area contributed by atoms with Crippen molar-refractivity contribution < 1.29 is 14.6 Å². The van der Waals surface area contributed by atoms with Crippen LogP contribution in [0.2, 0.25) is 0 Å². The Balaban J connectivity index is 2.22. The van der Waals surface area contributed by atoms with Crippen molar-refractivity contribution in [3.8, 4) is 23.7 Å². The third-order valence-corrected chi connectivity index (χ3v) is 5.80. The van der Waals surface area contributed by atoms with Crippen molar-refractivity contribution in [3.63, 3.8) is 0 Å². The number of Topliss-reactive ketones (excluding diaryl/α,β-unsaturated/α-hetero) is 1. The van der Waals surface area contributed by atoms with Gasteiger partial charge in [-0.3, -0.25) is 4.79 Å². The molecule has 4 heteroatoms. The highest BCUT2D eigenvalue weighted by molar-refractivity contribution is 7.99. The molecule has 0 saturated carbocycles. The number of ether oxygens (including phenoxy) is 1. The quantitative estimate of drug-likeness (QED) is 0.396. The van der Waals surface area contributed by atoms with Gasteiger partial charge >= 0.3 is 0 Å². The highest BCUT2D eigenvalue weighted by Crippen LogP contribution is 2.39. The monoisotopic (exact) mass is 438 g/mol. The Morgan fingerprint density at radius 3 is 2.61 bits per heavy atom. The van der Waals surface area contributed by atoms with Crippen LogP contribution in [0.5, 0.6) is 0 Å². The van der Waals surface area contributed by atoms with Crippen LogP contribution in [0.15, 0.2) is 47.0 Å². The first-order chi connectivity index (χ1) is 14.6. The first-order valence-corrected chi connectivity index (χ1v) is 12.1. The predicted octanol–water partition coefficient (Wildman–Crippen LogP) is 6.21. The van der Waals surface area contributed by atoms with Crippen molar-refractivity contribution >= 4 is 17.5 Å². The van der Waals surface area contributed by atoms with Crippen LogP contribution in [0.25, 0.3) is 0 Å². The summed E-state index contributed by atoms with van der Waals surface area (Å²) in [7, 11) is 0. The Labute approximate surface area is 192 Å². The second kappa shape index (κ2) is 10.8. The fourth-order valence-electron chi connectivity index (χ4n) is 3.65. The van der Waals surface area contributed by atoms with Crippen molar-refractivity contribution in [2.45, 2.75) is 59.8 Å². The average Bonchev–Trinajstić information content (AvgIpc) is 2.68. The molecule has 0 radical (unpaired) electrons. The maximum Gasteiger partial charge on any atom is 0.202 e. The van der Waals surface area contributed by atoms with Crippen molar-refractivity contribution in [1.29, 1.82) is 0 Å². The summed E-state index contributed by atoms with van der Waals surface area (Å²) in [5.74, 6) is 13.7. The zero-order valence-corrected chi connectivity index (χ0v) is 20.5. The minimum absolute atomic E-state index is 0.00630. The first kappa shape index (κ1) is 25.0. The van der Waals surface area contributed by atoms with Crippen LogP contribution in [-0.2, 0) is 9.53 Å². The zero-order chi connectivity index (χ0) is 23.2. The number of thioether (sulfide) groups is 1. The second-order valence-electron chi connectivity index (χ2n) is 9.01. The molecule has 2 unspecified atom stereocenters. The first-order valence-electron chi connectivity index (χ1n) is 10.9. The number of hydrogen-bond acceptors (Lipinski definition) is 4. The van der Waals surface area contributed by atoms with Crippen LogP contribution >= 0.6 is 11.8 Å². The number of hydrogen-bond donors (Lipinski definition) is 1. The van der Waals surface area contributed by atoms with E-state index >= 15 is 0 Å². The summed E-state index contributed by atoms with van der Waals surface area (Å²) < 4.78 is 6.03. The molecule has 0 bridgehead atoms. The molecular weight excluding hydrogens is 404 g/mol. The van der Waals surface area contributed by atoms with E-state index in [2.05, 4.69) is 50.5 Å². The molecular formula is C27H34O3S. The topological polar surface area (TPSA) is 46.5 Å². The zero-order valence-electron chi connectivity index (χ0n) is 19.7. The van der Waals surface area contributed by atoms with Crippen LogP contribution in [-0.4, -0.2) is 22.6 Å². The van der Waals surface area contributed by atoms with Crippen LogP contribution < -0.4 is 0 Å².